The van der Waals surface area contributed by atoms with E-state index >= 15 is 0 Å². The Kier molecular flexibility index (Phi) is 4.04. The summed E-state index contributed by atoms with van der Waals surface area (Å²) in [5, 5.41) is 6.18. The van der Waals surface area contributed by atoms with Crippen LogP contribution >= 0.6 is 11.3 Å². The van der Waals surface area contributed by atoms with Crippen molar-refractivity contribution in [3.8, 4) is 17.0 Å². The second-order valence-electron chi connectivity index (χ2n) is 5.62. The van der Waals surface area contributed by atoms with E-state index in [9.17, 15) is 9.59 Å². The highest BCUT2D eigenvalue weighted by atomic mass is 32.1. The molecular formula is C16H17N3O3S. The molecule has 1 aliphatic rings. The zero-order valence-electron chi connectivity index (χ0n) is 13.1. The molecule has 0 unspecified atom stereocenters. The van der Waals surface area contributed by atoms with Gasteiger partial charge in [0.1, 0.15) is 5.75 Å². The van der Waals surface area contributed by atoms with Crippen molar-refractivity contribution in [3.63, 3.8) is 0 Å². The highest BCUT2D eigenvalue weighted by Gasteiger charge is 2.19. The maximum atomic E-state index is 11.8. The Hall–Kier alpha value is -2.41. The summed E-state index contributed by atoms with van der Waals surface area (Å²) in [6, 6.07) is 5.55. The van der Waals surface area contributed by atoms with Gasteiger partial charge in [-0.25, -0.2) is 4.98 Å². The van der Waals surface area contributed by atoms with Crippen LogP contribution in [0.5, 0.6) is 5.75 Å². The summed E-state index contributed by atoms with van der Waals surface area (Å²) >= 11 is 1.43. The van der Waals surface area contributed by atoms with Crippen LogP contribution < -0.4 is 15.4 Å². The zero-order valence-corrected chi connectivity index (χ0v) is 13.9. The third-order valence-corrected chi connectivity index (χ3v) is 4.32. The van der Waals surface area contributed by atoms with Crippen LogP contribution in [0.15, 0.2) is 18.2 Å². The van der Waals surface area contributed by atoms with E-state index in [4.69, 9.17) is 4.74 Å². The number of hydrogen-bond acceptors (Lipinski definition) is 5. The number of aromatic nitrogens is 1. The highest BCUT2D eigenvalue weighted by Crippen LogP contribution is 2.36. The average Bonchev–Trinajstić information content (AvgIpc) is 2.86. The van der Waals surface area contributed by atoms with E-state index in [-0.39, 0.29) is 24.3 Å². The SMILES string of the molecule is Cc1sc(NC(=O)C(C)C)nc1-c1ccc2c(c1)NC(=O)CO2. The van der Waals surface area contributed by atoms with Crippen molar-refractivity contribution in [2.45, 2.75) is 20.8 Å². The molecule has 1 aromatic carbocycles. The topological polar surface area (TPSA) is 80.3 Å². The average molecular weight is 331 g/mol. The third-order valence-electron chi connectivity index (χ3n) is 3.44. The molecule has 0 aliphatic carbocycles. The number of carbonyl (C=O) groups excluding carboxylic acids is 2. The van der Waals surface area contributed by atoms with Crippen LogP contribution in [0.4, 0.5) is 10.8 Å². The van der Waals surface area contributed by atoms with Crippen LogP contribution in [-0.4, -0.2) is 23.4 Å². The zero-order chi connectivity index (χ0) is 16.6. The Morgan fingerprint density at radius 3 is 2.96 bits per heavy atom. The molecule has 0 saturated heterocycles. The first-order chi connectivity index (χ1) is 10.9. The van der Waals surface area contributed by atoms with E-state index in [1.807, 2.05) is 39.0 Å². The second kappa shape index (κ2) is 6.00. The van der Waals surface area contributed by atoms with E-state index in [1.165, 1.54) is 11.3 Å². The van der Waals surface area contributed by atoms with Gasteiger partial charge in [-0.15, -0.1) is 11.3 Å². The Bertz CT molecular complexity index is 783. The molecule has 0 radical (unpaired) electrons. The molecule has 1 aliphatic heterocycles. The Labute approximate surface area is 137 Å². The molecule has 0 saturated carbocycles. The monoisotopic (exact) mass is 331 g/mol. The number of nitrogens with one attached hydrogen (secondary N) is 2. The van der Waals surface area contributed by atoms with Gasteiger partial charge < -0.3 is 15.4 Å². The molecule has 23 heavy (non-hydrogen) atoms. The van der Waals surface area contributed by atoms with Crippen LogP contribution in [0.3, 0.4) is 0 Å². The minimum absolute atomic E-state index is 0.0352. The summed E-state index contributed by atoms with van der Waals surface area (Å²) in [4.78, 5) is 28.7. The van der Waals surface area contributed by atoms with Crippen molar-refractivity contribution in [2.75, 3.05) is 17.2 Å². The van der Waals surface area contributed by atoms with Crippen LogP contribution in [0, 0.1) is 12.8 Å². The lowest BCUT2D eigenvalue weighted by molar-refractivity contribution is -0.119. The van der Waals surface area contributed by atoms with Crippen LogP contribution in [0.2, 0.25) is 0 Å². The Balaban J connectivity index is 1.90. The van der Waals surface area contributed by atoms with E-state index in [2.05, 4.69) is 15.6 Å². The molecule has 3 rings (SSSR count). The third kappa shape index (κ3) is 3.19. The van der Waals surface area contributed by atoms with Gasteiger partial charge in [-0.05, 0) is 25.1 Å². The molecule has 6 nitrogen and oxygen atoms in total. The number of carbonyl (C=O) groups is 2. The number of ether oxygens (including phenoxy) is 1. The number of anilines is 2. The van der Waals surface area contributed by atoms with Gasteiger partial charge in [-0.2, -0.15) is 0 Å². The molecule has 7 heteroatoms. The van der Waals surface area contributed by atoms with Gasteiger partial charge in [0.05, 0.1) is 11.4 Å². The van der Waals surface area contributed by atoms with Crippen LogP contribution in [-0.2, 0) is 9.59 Å². The predicted molar refractivity (Wildman–Crippen MR) is 89.9 cm³/mol. The van der Waals surface area contributed by atoms with E-state index < -0.39 is 0 Å². The predicted octanol–water partition coefficient (Wildman–Crippen LogP) is 3.04. The van der Waals surface area contributed by atoms with Crippen molar-refractivity contribution in [1.82, 2.24) is 4.98 Å². The number of thiazole rings is 1. The highest BCUT2D eigenvalue weighted by molar-refractivity contribution is 7.16. The molecule has 2 heterocycles. The molecule has 2 aromatic rings. The fourth-order valence-corrected chi connectivity index (χ4v) is 3.04. The Morgan fingerprint density at radius 1 is 1.43 bits per heavy atom. The lowest BCUT2D eigenvalue weighted by Gasteiger charge is -2.18. The fraction of sp³-hybridized carbons (Fsp3) is 0.312. The molecule has 0 atom stereocenters. The van der Waals surface area contributed by atoms with Crippen LogP contribution in [0.1, 0.15) is 18.7 Å². The van der Waals surface area contributed by atoms with Crippen molar-refractivity contribution in [2.24, 2.45) is 5.92 Å². The summed E-state index contributed by atoms with van der Waals surface area (Å²) in [6.45, 7) is 5.66. The van der Waals surface area contributed by atoms with E-state index in [0.29, 0.717) is 16.6 Å². The van der Waals surface area contributed by atoms with E-state index in [0.717, 1.165) is 16.1 Å². The second-order valence-corrected chi connectivity index (χ2v) is 6.82. The number of fused-ring (bicyclic) bond motifs is 1. The van der Waals surface area contributed by atoms with Gasteiger partial charge in [0.2, 0.25) is 5.91 Å². The van der Waals surface area contributed by atoms with Gasteiger partial charge in [-0.1, -0.05) is 13.8 Å². The molecular weight excluding hydrogens is 314 g/mol. The first kappa shape index (κ1) is 15.5. The lowest BCUT2D eigenvalue weighted by Crippen LogP contribution is -2.25. The number of amides is 2. The molecule has 0 spiro atoms. The fourth-order valence-electron chi connectivity index (χ4n) is 2.20. The van der Waals surface area contributed by atoms with Gasteiger partial charge in [-0.3, -0.25) is 9.59 Å². The minimum atomic E-state index is -0.172. The van der Waals surface area contributed by atoms with Gasteiger partial charge >= 0.3 is 0 Å². The van der Waals surface area contributed by atoms with Crippen molar-refractivity contribution in [1.29, 1.82) is 0 Å². The van der Waals surface area contributed by atoms with Gasteiger partial charge in [0, 0.05) is 16.4 Å². The first-order valence-corrected chi connectivity index (χ1v) is 8.11. The molecule has 120 valence electrons. The van der Waals surface area contributed by atoms with Crippen molar-refractivity contribution in [3.05, 3.63) is 23.1 Å². The van der Waals surface area contributed by atoms with Crippen LogP contribution in [0.25, 0.3) is 11.3 Å². The standard InChI is InChI=1S/C16H17N3O3S/c1-8(2)15(21)19-16-18-14(9(3)23-16)10-4-5-12-11(6-10)17-13(20)7-22-12/h4-6,8H,7H2,1-3H3,(H,17,20)(H,18,19,21). The largest absolute Gasteiger partial charge is 0.482 e. The minimum Gasteiger partial charge on any atom is -0.482 e. The summed E-state index contributed by atoms with van der Waals surface area (Å²) in [6.07, 6.45) is 0. The maximum Gasteiger partial charge on any atom is 0.262 e. The number of benzene rings is 1. The first-order valence-electron chi connectivity index (χ1n) is 7.29. The quantitative estimate of drug-likeness (QED) is 0.906. The van der Waals surface area contributed by atoms with Crippen molar-refractivity contribution >= 4 is 34.0 Å². The summed E-state index contributed by atoms with van der Waals surface area (Å²) < 4.78 is 5.35. The number of aryl methyl sites for hydroxylation is 1. The smallest absolute Gasteiger partial charge is 0.262 e. The summed E-state index contributed by atoms with van der Waals surface area (Å²) in [7, 11) is 0. The maximum absolute atomic E-state index is 11.8. The molecule has 0 fully saturated rings. The molecule has 2 N–H and O–H groups in total. The summed E-state index contributed by atoms with van der Waals surface area (Å²) in [5.74, 6) is 0.319. The number of nitrogens with zero attached hydrogens (tertiary/aromatic N) is 1. The molecule has 1 aromatic heterocycles. The Morgan fingerprint density at radius 2 is 2.22 bits per heavy atom. The lowest BCUT2D eigenvalue weighted by atomic mass is 10.1. The number of rotatable bonds is 3. The number of hydrogen-bond donors (Lipinski definition) is 2. The van der Waals surface area contributed by atoms with Crippen molar-refractivity contribution < 1.29 is 14.3 Å². The van der Waals surface area contributed by atoms with E-state index in [1.54, 1.807) is 0 Å². The van der Waals surface area contributed by atoms with Gasteiger partial charge in [0.25, 0.3) is 5.91 Å². The summed E-state index contributed by atoms with van der Waals surface area (Å²) in [5.41, 5.74) is 2.30. The molecule has 0 bridgehead atoms. The van der Waals surface area contributed by atoms with Gasteiger partial charge in [0.15, 0.2) is 11.7 Å². The normalized spacial score (nSPS) is 13.3. The molecule has 2 amide bonds.